The molecule has 0 aliphatic heterocycles. The molecule has 0 amide bonds. The van der Waals surface area contributed by atoms with Crippen LogP contribution >= 0.6 is 27.3 Å². The predicted molar refractivity (Wildman–Crippen MR) is 85.5 cm³/mol. The number of aromatic nitrogens is 1. The van der Waals surface area contributed by atoms with Crippen LogP contribution in [-0.2, 0) is 6.54 Å². The molecule has 3 N–H and O–H groups in total. The molecular formula is C14H12BrN3S. The van der Waals surface area contributed by atoms with Crippen LogP contribution in [-0.4, -0.2) is 4.98 Å². The Kier molecular flexibility index (Phi) is 3.40. The van der Waals surface area contributed by atoms with Gasteiger partial charge in [0.2, 0.25) is 0 Å². The number of rotatable bonds is 3. The number of anilines is 2. The van der Waals surface area contributed by atoms with E-state index in [1.54, 1.807) is 17.5 Å². The summed E-state index contributed by atoms with van der Waals surface area (Å²) in [6.07, 6.45) is 3.61. The van der Waals surface area contributed by atoms with Crippen molar-refractivity contribution < 1.29 is 0 Å². The number of hydrogen-bond acceptors (Lipinski definition) is 4. The van der Waals surface area contributed by atoms with E-state index in [-0.39, 0.29) is 0 Å². The summed E-state index contributed by atoms with van der Waals surface area (Å²) >= 11 is 5.19. The summed E-state index contributed by atoms with van der Waals surface area (Å²) in [6.45, 7) is 0.796. The van der Waals surface area contributed by atoms with Crippen LogP contribution in [0.15, 0.2) is 46.5 Å². The molecule has 19 heavy (non-hydrogen) atoms. The lowest BCUT2D eigenvalue weighted by Crippen LogP contribution is -1.99. The van der Waals surface area contributed by atoms with Crippen molar-refractivity contribution >= 4 is 49.4 Å². The van der Waals surface area contributed by atoms with Crippen LogP contribution in [0.4, 0.5) is 11.4 Å². The van der Waals surface area contributed by atoms with E-state index in [4.69, 9.17) is 5.73 Å². The Balaban J connectivity index is 1.91. The van der Waals surface area contributed by atoms with Gasteiger partial charge in [-0.05, 0) is 40.2 Å². The molecule has 0 spiro atoms. The first-order chi connectivity index (χ1) is 9.24. The fourth-order valence-corrected chi connectivity index (χ4v) is 3.39. The van der Waals surface area contributed by atoms with Gasteiger partial charge in [0.15, 0.2) is 0 Å². The van der Waals surface area contributed by atoms with Gasteiger partial charge in [-0.1, -0.05) is 0 Å². The lowest BCUT2D eigenvalue weighted by molar-refractivity contribution is 1.20. The van der Waals surface area contributed by atoms with Crippen LogP contribution in [0.5, 0.6) is 0 Å². The van der Waals surface area contributed by atoms with Gasteiger partial charge in [-0.15, -0.1) is 11.3 Å². The summed E-state index contributed by atoms with van der Waals surface area (Å²) in [5.74, 6) is 0. The molecule has 2 aromatic heterocycles. The molecule has 5 heteroatoms. The molecule has 3 aromatic rings. The van der Waals surface area contributed by atoms with Crippen LogP contribution in [0.3, 0.4) is 0 Å². The van der Waals surface area contributed by atoms with Crippen molar-refractivity contribution in [1.82, 2.24) is 4.98 Å². The Bertz CT molecular complexity index is 724. The highest BCUT2D eigenvalue weighted by Gasteiger charge is 2.04. The minimum atomic E-state index is 0.779. The predicted octanol–water partition coefficient (Wildman–Crippen LogP) is 4.25. The van der Waals surface area contributed by atoms with E-state index in [1.807, 2.05) is 24.4 Å². The van der Waals surface area contributed by atoms with E-state index in [2.05, 4.69) is 37.7 Å². The summed E-state index contributed by atoms with van der Waals surface area (Å²) in [5, 5.41) is 7.61. The summed E-state index contributed by atoms with van der Waals surface area (Å²) in [4.78, 5) is 5.45. The number of pyridine rings is 1. The summed E-state index contributed by atoms with van der Waals surface area (Å²) in [7, 11) is 0. The molecule has 0 unspecified atom stereocenters. The van der Waals surface area contributed by atoms with Crippen molar-refractivity contribution in [2.75, 3.05) is 11.1 Å². The number of benzene rings is 1. The highest BCUT2D eigenvalue weighted by Crippen LogP contribution is 2.28. The van der Waals surface area contributed by atoms with Crippen LogP contribution in [0, 0.1) is 0 Å². The zero-order valence-electron chi connectivity index (χ0n) is 10.1. The van der Waals surface area contributed by atoms with E-state index in [0.717, 1.165) is 33.2 Å². The van der Waals surface area contributed by atoms with Crippen LogP contribution in [0.25, 0.3) is 10.8 Å². The van der Waals surface area contributed by atoms with E-state index < -0.39 is 0 Å². The standard InChI is InChI=1S/C14H12BrN3S/c15-9-5-10(19-8-9)6-18-14-2-1-13(16)11-3-4-17-7-12(11)14/h1-5,7-8,18H,6,16H2. The number of hydrogen-bond donors (Lipinski definition) is 2. The first-order valence-electron chi connectivity index (χ1n) is 5.83. The lowest BCUT2D eigenvalue weighted by atomic mass is 10.1. The number of nitrogen functional groups attached to an aromatic ring is 1. The van der Waals surface area contributed by atoms with Gasteiger partial charge >= 0.3 is 0 Å². The van der Waals surface area contributed by atoms with Gasteiger partial charge in [-0.25, -0.2) is 0 Å². The third-order valence-electron chi connectivity index (χ3n) is 2.93. The lowest BCUT2D eigenvalue weighted by Gasteiger charge is -2.10. The maximum absolute atomic E-state index is 5.98. The first-order valence-corrected chi connectivity index (χ1v) is 7.50. The molecule has 2 heterocycles. The fraction of sp³-hybridized carbons (Fsp3) is 0.0714. The van der Waals surface area contributed by atoms with E-state index >= 15 is 0 Å². The van der Waals surface area contributed by atoms with Crippen LogP contribution in [0.1, 0.15) is 4.88 Å². The SMILES string of the molecule is Nc1ccc(NCc2cc(Br)cs2)c2cnccc12. The van der Waals surface area contributed by atoms with Crippen molar-refractivity contribution in [3.8, 4) is 0 Å². The zero-order valence-corrected chi connectivity index (χ0v) is 12.5. The molecule has 3 rings (SSSR count). The van der Waals surface area contributed by atoms with Gasteiger partial charge in [0.1, 0.15) is 0 Å². The molecule has 96 valence electrons. The molecule has 3 nitrogen and oxygen atoms in total. The molecule has 0 bridgehead atoms. The highest BCUT2D eigenvalue weighted by molar-refractivity contribution is 9.10. The second kappa shape index (κ2) is 5.19. The highest BCUT2D eigenvalue weighted by atomic mass is 79.9. The monoisotopic (exact) mass is 333 g/mol. The number of nitrogens with zero attached hydrogens (tertiary/aromatic N) is 1. The van der Waals surface area contributed by atoms with Crippen molar-refractivity contribution in [2.45, 2.75) is 6.54 Å². The Labute approximate surface area is 123 Å². The summed E-state index contributed by atoms with van der Waals surface area (Å²) in [6, 6.07) is 7.99. The molecule has 0 fully saturated rings. The molecule has 1 aromatic carbocycles. The third-order valence-corrected chi connectivity index (χ3v) is 4.62. The van der Waals surface area contributed by atoms with Crippen molar-refractivity contribution in [3.05, 3.63) is 51.4 Å². The van der Waals surface area contributed by atoms with Crippen LogP contribution in [0.2, 0.25) is 0 Å². The Morgan fingerprint density at radius 2 is 2.16 bits per heavy atom. The summed E-state index contributed by atoms with van der Waals surface area (Å²) < 4.78 is 1.12. The second-order valence-electron chi connectivity index (χ2n) is 4.21. The number of fused-ring (bicyclic) bond motifs is 1. The smallest absolute Gasteiger partial charge is 0.0494 e. The molecule has 0 aliphatic carbocycles. The van der Waals surface area contributed by atoms with Crippen molar-refractivity contribution in [1.29, 1.82) is 0 Å². The molecule has 0 radical (unpaired) electrons. The largest absolute Gasteiger partial charge is 0.398 e. The molecule has 0 atom stereocenters. The maximum Gasteiger partial charge on any atom is 0.0494 e. The fourth-order valence-electron chi connectivity index (χ4n) is 2.00. The van der Waals surface area contributed by atoms with Gasteiger partial charge in [-0.2, -0.15) is 0 Å². The zero-order chi connectivity index (χ0) is 13.2. The van der Waals surface area contributed by atoms with Gasteiger partial charge in [0.25, 0.3) is 0 Å². The molecule has 0 saturated carbocycles. The molecule has 0 aliphatic rings. The van der Waals surface area contributed by atoms with Crippen molar-refractivity contribution in [2.24, 2.45) is 0 Å². The van der Waals surface area contributed by atoms with Crippen molar-refractivity contribution in [3.63, 3.8) is 0 Å². The van der Waals surface area contributed by atoms with Gasteiger partial charge in [-0.3, -0.25) is 4.98 Å². The Morgan fingerprint density at radius 1 is 1.26 bits per heavy atom. The average Bonchev–Trinajstić information content (AvgIpc) is 2.84. The van der Waals surface area contributed by atoms with Gasteiger partial charge < -0.3 is 11.1 Å². The molecule has 0 saturated heterocycles. The van der Waals surface area contributed by atoms with Gasteiger partial charge in [0, 0.05) is 55.8 Å². The first kappa shape index (κ1) is 12.4. The maximum atomic E-state index is 5.98. The second-order valence-corrected chi connectivity index (χ2v) is 6.12. The topological polar surface area (TPSA) is 50.9 Å². The van der Waals surface area contributed by atoms with E-state index in [9.17, 15) is 0 Å². The number of nitrogens with one attached hydrogen (secondary N) is 1. The molecular weight excluding hydrogens is 322 g/mol. The number of halogens is 1. The minimum Gasteiger partial charge on any atom is -0.398 e. The quantitative estimate of drug-likeness (QED) is 0.704. The number of nitrogens with two attached hydrogens (primary N) is 1. The average molecular weight is 334 g/mol. The van der Waals surface area contributed by atoms with E-state index in [1.165, 1.54) is 4.88 Å². The number of thiophene rings is 1. The summed E-state index contributed by atoms with van der Waals surface area (Å²) in [5.41, 5.74) is 7.81. The normalized spacial score (nSPS) is 10.8. The Hall–Kier alpha value is -1.59. The van der Waals surface area contributed by atoms with Crippen LogP contribution < -0.4 is 11.1 Å². The van der Waals surface area contributed by atoms with E-state index in [0.29, 0.717) is 0 Å². The third kappa shape index (κ3) is 2.57. The Morgan fingerprint density at radius 3 is 2.95 bits per heavy atom. The van der Waals surface area contributed by atoms with Gasteiger partial charge in [0.05, 0.1) is 0 Å². The minimum absolute atomic E-state index is 0.779.